The molecule has 7 nitrogen and oxygen atoms in total. The SMILES string of the molecule is CN1CCC(C(=O)Nc2nn(C(c3ccccc3)(c3ccccc3)c3ccccc3)c3ccc(-c4cc(NO)ccc4F)cc23)CC1. The van der Waals surface area contributed by atoms with Crippen LogP contribution < -0.4 is 10.8 Å². The van der Waals surface area contributed by atoms with Gasteiger partial charge in [0.1, 0.15) is 11.4 Å². The highest BCUT2D eigenvalue weighted by molar-refractivity contribution is 6.02. The van der Waals surface area contributed by atoms with E-state index in [0.29, 0.717) is 28.0 Å². The first-order valence-corrected chi connectivity index (χ1v) is 15.9. The van der Waals surface area contributed by atoms with Crippen LogP contribution in [-0.2, 0) is 10.3 Å². The van der Waals surface area contributed by atoms with Crippen molar-refractivity contribution in [2.24, 2.45) is 5.92 Å². The van der Waals surface area contributed by atoms with Crippen molar-refractivity contribution in [2.75, 3.05) is 30.9 Å². The van der Waals surface area contributed by atoms with Crippen LogP contribution in [0.1, 0.15) is 29.5 Å². The van der Waals surface area contributed by atoms with Gasteiger partial charge in [-0.25, -0.2) is 9.07 Å². The molecule has 1 amide bonds. The quantitative estimate of drug-likeness (QED) is 0.119. The summed E-state index contributed by atoms with van der Waals surface area (Å²) in [6.07, 6.45) is 1.53. The predicted octanol–water partition coefficient (Wildman–Crippen LogP) is 7.76. The third kappa shape index (κ3) is 5.56. The van der Waals surface area contributed by atoms with E-state index in [1.54, 1.807) is 6.07 Å². The average Bonchev–Trinajstić information content (AvgIpc) is 3.48. The number of nitrogens with one attached hydrogen (secondary N) is 2. The van der Waals surface area contributed by atoms with Crippen molar-refractivity contribution in [1.82, 2.24) is 14.7 Å². The highest BCUT2D eigenvalue weighted by Gasteiger charge is 2.41. The zero-order chi connectivity index (χ0) is 32.4. The summed E-state index contributed by atoms with van der Waals surface area (Å²) in [6, 6.07) is 40.7. The minimum absolute atomic E-state index is 0.0718. The molecule has 1 saturated heterocycles. The maximum Gasteiger partial charge on any atom is 0.228 e. The smallest absolute Gasteiger partial charge is 0.228 e. The lowest BCUT2D eigenvalue weighted by molar-refractivity contribution is -0.121. The van der Waals surface area contributed by atoms with E-state index in [-0.39, 0.29) is 11.8 Å². The Morgan fingerprint density at radius 3 is 1.94 bits per heavy atom. The van der Waals surface area contributed by atoms with E-state index in [2.05, 4.69) is 59.1 Å². The molecule has 3 N–H and O–H groups in total. The summed E-state index contributed by atoms with van der Waals surface area (Å²) in [6.45, 7) is 1.70. The van der Waals surface area contributed by atoms with Crippen LogP contribution in [0.5, 0.6) is 0 Å². The Balaban J connectivity index is 1.50. The second kappa shape index (κ2) is 12.8. The fraction of sp³-hybridized carbons (Fsp3) is 0.179. The zero-order valence-corrected chi connectivity index (χ0v) is 26.1. The first kappa shape index (κ1) is 30.3. The highest BCUT2D eigenvalue weighted by atomic mass is 19.1. The van der Waals surface area contributed by atoms with E-state index in [9.17, 15) is 10.0 Å². The molecule has 2 heterocycles. The van der Waals surface area contributed by atoms with Crippen molar-refractivity contribution >= 4 is 28.3 Å². The molecule has 0 unspecified atom stereocenters. The van der Waals surface area contributed by atoms with Gasteiger partial charge in [0.25, 0.3) is 0 Å². The monoisotopic (exact) mass is 625 g/mol. The molecule has 0 spiro atoms. The van der Waals surface area contributed by atoms with Crippen molar-refractivity contribution in [3.05, 3.63) is 150 Å². The fourth-order valence-electron chi connectivity index (χ4n) is 6.84. The second-order valence-electron chi connectivity index (χ2n) is 12.2. The summed E-state index contributed by atoms with van der Waals surface area (Å²) in [4.78, 5) is 16.0. The second-order valence-corrected chi connectivity index (χ2v) is 12.2. The Kier molecular flexibility index (Phi) is 8.28. The third-order valence-electron chi connectivity index (χ3n) is 9.31. The minimum atomic E-state index is -0.925. The number of likely N-dealkylation sites (tertiary alicyclic amines) is 1. The maximum absolute atomic E-state index is 15.2. The minimum Gasteiger partial charge on any atom is -0.308 e. The first-order chi connectivity index (χ1) is 23.0. The molecule has 8 heteroatoms. The Morgan fingerprint density at radius 2 is 1.38 bits per heavy atom. The molecule has 7 rings (SSSR count). The average molecular weight is 626 g/mol. The molecule has 0 aliphatic carbocycles. The van der Waals surface area contributed by atoms with Crippen LogP contribution in [0, 0.1) is 11.7 Å². The first-order valence-electron chi connectivity index (χ1n) is 15.9. The number of benzene rings is 5. The van der Waals surface area contributed by atoms with Crippen LogP contribution in [0.25, 0.3) is 22.0 Å². The molecule has 1 aromatic heterocycles. The van der Waals surface area contributed by atoms with E-state index in [4.69, 9.17) is 5.10 Å². The van der Waals surface area contributed by atoms with Crippen molar-refractivity contribution < 1.29 is 14.4 Å². The topological polar surface area (TPSA) is 82.4 Å². The molecule has 236 valence electrons. The zero-order valence-electron chi connectivity index (χ0n) is 26.1. The van der Waals surface area contributed by atoms with Gasteiger partial charge in [0.15, 0.2) is 5.82 Å². The number of nitrogens with zero attached hydrogens (tertiary/aromatic N) is 3. The van der Waals surface area contributed by atoms with Gasteiger partial charge in [-0.15, -0.1) is 0 Å². The fourth-order valence-corrected chi connectivity index (χ4v) is 6.84. The van der Waals surface area contributed by atoms with Crippen molar-refractivity contribution in [3.8, 4) is 11.1 Å². The van der Waals surface area contributed by atoms with Gasteiger partial charge < -0.3 is 10.2 Å². The van der Waals surface area contributed by atoms with Gasteiger partial charge >= 0.3 is 0 Å². The summed E-state index contributed by atoms with van der Waals surface area (Å²) in [5, 5.41) is 18.7. The van der Waals surface area contributed by atoms with Crippen LogP contribution >= 0.6 is 0 Å². The van der Waals surface area contributed by atoms with Gasteiger partial charge in [0.2, 0.25) is 5.91 Å². The van der Waals surface area contributed by atoms with E-state index in [0.717, 1.165) is 48.1 Å². The number of carbonyl (C=O) groups excluding carboxylic acids is 1. The van der Waals surface area contributed by atoms with Crippen molar-refractivity contribution in [1.29, 1.82) is 0 Å². The Hall–Kier alpha value is -5.31. The molecular formula is C39H36FN5O2. The van der Waals surface area contributed by atoms with Crippen LogP contribution in [0.4, 0.5) is 15.9 Å². The van der Waals surface area contributed by atoms with Gasteiger partial charge in [0, 0.05) is 16.9 Å². The number of anilines is 2. The van der Waals surface area contributed by atoms with E-state index in [1.165, 1.54) is 12.1 Å². The van der Waals surface area contributed by atoms with Crippen molar-refractivity contribution in [2.45, 2.75) is 18.4 Å². The third-order valence-corrected chi connectivity index (χ3v) is 9.31. The number of fused-ring (bicyclic) bond motifs is 1. The molecule has 0 radical (unpaired) electrons. The van der Waals surface area contributed by atoms with Crippen LogP contribution in [0.3, 0.4) is 0 Å². The number of amides is 1. The molecule has 1 fully saturated rings. The summed E-state index contributed by atoms with van der Waals surface area (Å²) in [7, 11) is 2.07. The van der Waals surface area contributed by atoms with Crippen LogP contribution in [0.15, 0.2) is 127 Å². The number of hydrogen-bond donors (Lipinski definition) is 3. The van der Waals surface area contributed by atoms with Gasteiger partial charge in [-0.3, -0.25) is 15.5 Å². The number of halogens is 1. The molecule has 0 saturated carbocycles. The van der Waals surface area contributed by atoms with E-state index in [1.807, 2.05) is 77.5 Å². The van der Waals surface area contributed by atoms with Gasteiger partial charge in [-0.2, -0.15) is 5.10 Å². The van der Waals surface area contributed by atoms with Gasteiger partial charge in [0.05, 0.1) is 11.2 Å². The lowest BCUT2D eigenvalue weighted by Gasteiger charge is -2.37. The Labute approximate surface area is 273 Å². The van der Waals surface area contributed by atoms with Crippen LogP contribution in [-0.4, -0.2) is 45.9 Å². The number of carbonyl (C=O) groups is 1. The van der Waals surface area contributed by atoms with E-state index >= 15 is 4.39 Å². The largest absolute Gasteiger partial charge is 0.308 e. The molecule has 0 atom stereocenters. The molecule has 1 aliphatic rings. The predicted molar refractivity (Wildman–Crippen MR) is 184 cm³/mol. The lowest BCUT2D eigenvalue weighted by Crippen LogP contribution is -2.39. The molecule has 1 aliphatic heterocycles. The number of hydrogen-bond acceptors (Lipinski definition) is 5. The standard InChI is InChI=1S/C39H36FN5O2/c1-44-23-21-27(22-24-44)38(46)41-37-34-25-28(33-26-32(43-47)18-19-35(33)40)17-20-36(34)45(42-37)39(29-11-5-2-6-12-29,30-13-7-3-8-14-30)31-15-9-4-10-16-31/h2-20,25-27,43,47H,21-24H2,1H3,(H,41,42,46). The highest BCUT2D eigenvalue weighted by Crippen LogP contribution is 2.44. The molecule has 6 aromatic rings. The Bertz CT molecular complexity index is 1910. The summed E-state index contributed by atoms with van der Waals surface area (Å²) in [5.74, 6) is -0.228. The number of aromatic nitrogens is 2. The number of piperidine rings is 1. The number of rotatable bonds is 8. The van der Waals surface area contributed by atoms with Crippen molar-refractivity contribution in [3.63, 3.8) is 0 Å². The van der Waals surface area contributed by atoms with Gasteiger partial charge in [-0.1, -0.05) is 97.1 Å². The summed E-state index contributed by atoms with van der Waals surface area (Å²) >= 11 is 0. The lowest BCUT2D eigenvalue weighted by atomic mass is 9.77. The molecule has 47 heavy (non-hydrogen) atoms. The van der Waals surface area contributed by atoms with E-state index < -0.39 is 11.4 Å². The molecular weight excluding hydrogens is 589 g/mol. The van der Waals surface area contributed by atoms with Gasteiger partial charge in [-0.05, 0) is 85.6 Å². The maximum atomic E-state index is 15.2. The van der Waals surface area contributed by atoms with Crippen LogP contribution in [0.2, 0.25) is 0 Å². The normalized spacial score (nSPS) is 14.3. The summed E-state index contributed by atoms with van der Waals surface area (Å²) in [5.41, 5.74) is 6.20. The Morgan fingerprint density at radius 1 is 0.809 bits per heavy atom. The molecule has 0 bridgehead atoms. The summed E-state index contributed by atoms with van der Waals surface area (Å²) < 4.78 is 17.2. The molecule has 5 aromatic carbocycles.